The zero-order valence-corrected chi connectivity index (χ0v) is 16.3. The van der Waals surface area contributed by atoms with Crippen LogP contribution in [0.3, 0.4) is 0 Å². The van der Waals surface area contributed by atoms with Crippen LogP contribution in [0.5, 0.6) is 0 Å². The van der Waals surface area contributed by atoms with Crippen molar-refractivity contribution in [2.75, 3.05) is 11.9 Å². The molecule has 3 heterocycles. The van der Waals surface area contributed by atoms with E-state index in [1.165, 1.54) is 4.68 Å². The Morgan fingerprint density at radius 3 is 2.79 bits per heavy atom. The van der Waals surface area contributed by atoms with Gasteiger partial charge in [-0.05, 0) is 43.0 Å². The number of amides is 2. The summed E-state index contributed by atoms with van der Waals surface area (Å²) in [5.74, 6) is 0.878. The van der Waals surface area contributed by atoms with Gasteiger partial charge in [0.05, 0.1) is 6.54 Å². The first-order valence-electron chi connectivity index (χ1n) is 9.97. The number of hydrogen-bond donors (Lipinski definition) is 2. The molecule has 0 aliphatic carbocycles. The summed E-state index contributed by atoms with van der Waals surface area (Å²) in [7, 11) is 0. The minimum Gasteiger partial charge on any atom is -0.338 e. The average Bonchev–Trinajstić information content (AvgIpc) is 3.35. The second-order valence-electron chi connectivity index (χ2n) is 7.17. The minimum absolute atomic E-state index is 0.0423. The summed E-state index contributed by atoms with van der Waals surface area (Å²) in [5.41, 5.74) is 1.79. The van der Waals surface area contributed by atoms with Crippen LogP contribution in [0.15, 0.2) is 47.5 Å². The molecule has 0 saturated carbocycles. The number of aryl methyl sites for hydroxylation is 2. The minimum atomic E-state index is -0.263. The number of anilines is 1. The molecule has 3 aromatic rings. The lowest BCUT2D eigenvalue weighted by atomic mass is 10.2. The number of aromatic nitrogens is 5. The third-order valence-corrected chi connectivity index (χ3v) is 4.98. The van der Waals surface area contributed by atoms with Crippen LogP contribution in [0.1, 0.15) is 30.7 Å². The van der Waals surface area contributed by atoms with E-state index in [9.17, 15) is 9.59 Å². The molecule has 0 saturated heterocycles. The topological polar surface area (TPSA) is 98.8 Å². The van der Waals surface area contributed by atoms with Crippen LogP contribution in [0.2, 0.25) is 0 Å². The van der Waals surface area contributed by atoms with Crippen molar-refractivity contribution < 1.29 is 4.79 Å². The standard InChI is InChI=1S/C20H25N7O2/c28-19(23-17-8-6-16(7-9-17)15-25-12-4-11-22-25)21-10-3-14-27-20(29)26-13-2-1-5-18(26)24-27/h4,6-9,11-12H,1-3,5,10,13-15H2,(H2,21,23,28). The third-order valence-electron chi connectivity index (χ3n) is 4.98. The van der Waals surface area contributed by atoms with E-state index in [0.717, 1.165) is 42.9 Å². The molecular weight excluding hydrogens is 370 g/mol. The van der Waals surface area contributed by atoms with Crippen molar-refractivity contribution in [3.8, 4) is 0 Å². The molecule has 0 atom stereocenters. The van der Waals surface area contributed by atoms with Gasteiger partial charge < -0.3 is 10.6 Å². The largest absolute Gasteiger partial charge is 0.345 e. The molecule has 1 aromatic carbocycles. The summed E-state index contributed by atoms with van der Waals surface area (Å²) >= 11 is 0. The molecule has 9 heteroatoms. The normalized spacial score (nSPS) is 13.1. The Morgan fingerprint density at radius 1 is 1.17 bits per heavy atom. The van der Waals surface area contributed by atoms with Gasteiger partial charge >= 0.3 is 11.7 Å². The fourth-order valence-electron chi connectivity index (χ4n) is 3.47. The SMILES string of the molecule is O=C(NCCCn1nc2n(c1=O)CCCC2)Nc1ccc(Cn2cccn2)cc1. The van der Waals surface area contributed by atoms with E-state index < -0.39 is 0 Å². The molecule has 0 radical (unpaired) electrons. The number of fused-ring (bicyclic) bond motifs is 1. The Bertz CT molecular complexity index is 1000. The molecule has 0 bridgehead atoms. The maximum atomic E-state index is 12.3. The number of rotatable bonds is 7. The summed E-state index contributed by atoms with van der Waals surface area (Å²) in [4.78, 5) is 24.3. The number of urea groups is 1. The average molecular weight is 395 g/mol. The fourth-order valence-corrected chi connectivity index (χ4v) is 3.47. The zero-order valence-electron chi connectivity index (χ0n) is 16.3. The molecule has 9 nitrogen and oxygen atoms in total. The van der Waals surface area contributed by atoms with Gasteiger partial charge in [-0.15, -0.1) is 0 Å². The van der Waals surface area contributed by atoms with E-state index in [2.05, 4.69) is 20.8 Å². The molecule has 2 aromatic heterocycles. The lowest BCUT2D eigenvalue weighted by Gasteiger charge is -2.09. The van der Waals surface area contributed by atoms with Crippen LogP contribution < -0.4 is 16.3 Å². The molecule has 1 aliphatic rings. The van der Waals surface area contributed by atoms with Gasteiger partial charge in [-0.2, -0.15) is 10.2 Å². The van der Waals surface area contributed by atoms with Crippen molar-refractivity contribution in [3.05, 3.63) is 64.6 Å². The van der Waals surface area contributed by atoms with E-state index in [4.69, 9.17) is 0 Å². The maximum Gasteiger partial charge on any atom is 0.345 e. The van der Waals surface area contributed by atoms with Gasteiger partial charge in [0.15, 0.2) is 0 Å². The number of benzene rings is 1. The summed E-state index contributed by atoms with van der Waals surface area (Å²) in [5, 5.41) is 14.2. The van der Waals surface area contributed by atoms with E-state index in [1.54, 1.807) is 10.8 Å². The molecule has 0 unspecified atom stereocenters. The number of nitrogens with one attached hydrogen (secondary N) is 2. The Balaban J connectivity index is 1.20. The van der Waals surface area contributed by atoms with Crippen molar-refractivity contribution in [2.24, 2.45) is 0 Å². The first-order chi connectivity index (χ1) is 14.2. The fraction of sp³-hybridized carbons (Fsp3) is 0.400. The van der Waals surface area contributed by atoms with Gasteiger partial charge in [0.2, 0.25) is 0 Å². The number of carbonyl (C=O) groups is 1. The summed E-state index contributed by atoms with van der Waals surface area (Å²) in [6.07, 6.45) is 7.29. The van der Waals surface area contributed by atoms with Gasteiger partial charge in [0.25, 0.3) is 0 Å². The second-order valence-corrected chi connectivity index (χ2v) is 7.17. The van der Waals surface area contributed by atoms with Gasteiger partial charge in [-0.3, -0.25) is 9.25 Å². The van der Waals surface area contributed by atoms with Crippen LogP contribution in [0, 0.1) is 0 Å². The Morgan fingerprint density at radius 2 is 2.03 bits per heavy atom. The van der Waals surface area contributed by atoms with E-state index in [0.29, 0.717) is 26.1 Å². The highest BCUT2D eigenvalue weighted by Gasteiger charge is 2.16. The Kier molecular flexibility index (Phi) is 5.73. The predicted molar refractivity (Wildman–Crippen MR) is 109 cm³/mol. The van der Waals surface area contributed by atoms with Gasteiger partial charge in [0.1, 0.15) is 5.82 Å². The highest BCUT2D eigenvalue weighted by molar-refractivity contribution is 5.89. The number of nitrogens with zero attached hydrogens (tertiary/aromatic N) is 5. The zero-order chi connectivity index (χ0) is 20.1. The van der Waals surface area contributed by atoms with Crippen LogP contribution >= 0.6 is 0 Å². The first kappa shape index (κ1) is 19.0. The van der Waals surface area contributed by atoms with Crippen LogP contribution in [-0.4, -0.2) is 36.7 Å². The Labute approximate surface area is 168 Å². The summed E-state index contributed by atoms with van der Waals surface area (Å²) in [6.45, 7) is 2.42. The second kappa shape index (κ2) is 8.76. The monoisotopic (exact) mass is 395 g/mol. The van der Waals surface area contributed by atoms with Gasteiger partial charge in [-0.1, -0.05) is 12.1 Å². The van der Waals surface area contributed by atoms with Gasteiger partial charge in [0, 0.05) is 44.1 Å². The van der Waals surface area contributed by atoms with Crippen molar-refractivity contribution in [2.45, 2.75) is 45.3 Å². The van der Waals surface area contributed by atoms with E-state index >= 15 is 0 Å². The van der Waals surface area contributed by atoms with E-state index in [-0.39, 0.29) is 11.7 Å². The molecule has 0 spiro atoms. The quantitative estimate of drug-likeness (QED) is 0.596. The lowest BCUT2D eigenvalue weighted by molar-refractivity contribution is 0.251. The molecule has 29 heavy (non-hydrogen) atoms. The summed E-state index contributed by atoms with van der Waals surface area (Å²) in [6, 6.07) is 9.29. The molecule has 2 N–H and O–H groups in total. The summed E-state index contributed by atoms with van der Waals surface area (Å²) < 4.78 is 5.12. The molecular formula is C20H25N7O2. The highest BCUT2D eigenvalue weighted by Crippen LogP contribution is 2.11. The van der Waals surface area contributed by atoms with Crippen LogP contribution in [-0.2, 0) is 26.1 Å². The van der Waals surface area contributed by atoms with Crippen molar-refractivity contribution in [1.29, 1.82) is 0 Å². The van der Waals surface area contributed by atoms with Gasteiger partial charge in [-0.25, -0.2) is 14.3 Å². The van der Waals surface area contributed by atoms with E-state index in [1.807, 2.05) is 41.2 Å². The van der Waals surface area contributed by atoms with Crippen LogP contribution in [0.25, 0.3) is 0 Å². The predicted octanol–water partition coefficient (Wildman–Crippen LogP) is 1.84. The van der Waals surface area contributed by atoms with Crippen molar-refractivity contribution in [3.63, 3.8) is 0 Å². The molecule has 2 amide bonds. The van der Waals surface area contributed by atoms with Crippen molar-refractivity contribution in [1.82, 2.24) is 29.4 Å². The first-order valence-corrected chi connectivity index (χ1v) is 9.97. The third kappa shape index (κ3) is 4.74. The maximum absolute atomic E-state index is 12.3. The molecule has 1 aliphatic heterocycles. The molecule has 0 fully saturated rings. The van der Waals surface area contributed by atoms with Crippen LogP contribution in [0.4, 0.5) is 10.5 Å². The molecule has 152 valence electrons. The Hall–Kier alpha value is -3.36. The highest BCUT2D eigenvalue weighted by atomic mass is 16.2. The number of hydrogen-bond acceptors (Lipinski definition) is 4. The van der Waals surface area contributed by atoms with Crippen molar-refractivity contribution >= 4 is 11.7 Å². The number of carbonyl (C=O) groups excluding carboxylic acids is 1. The molecule has 4 rings (SSSR count). The lowest BCUT2D eigenvalue weighted by Crippen LogP contribution is -2.31. The smallest absolute Gasteiger partial charge is 0.338 e.